The summed E-state index contributed by atoms with van der Waals surface area (Å²) in [5.74, 6) is 0. The number of aromatic nitrogens is 2. The van der Waals surface area contributed by atoms with Crippen molar-refractivity contribution in [2.75, 3.05) is 0 Å². The molecule has 0 aliphatic rings. The van der Waals surface area contributed by atoms with E-state index in [4.69, 9.17) is 4.98 Å². The number of rotatable bonds is 0. The number of hydrogen-bond acceptors (Lipinski definition) is 1. The monoisotopic (exact) mass is 368 g/mol. The third-order valence-corrected chi connectivity index (χ3v) is 6.18. The third kappa shape index (κ3) is 1.83. The zero-order valence-corrected chi connectivity index (χ0v) is 15.6. The molecule has 2 heteroatoms. The maximum atomic E-state index is 4.80. The SMILES string of the molecule is c1ccc2c(c1)cn1c3ncccc3c3c4ccccc4c4ccccc4c3c21. The van der Waals surface area contributed by atoms with Crippen molar-refractivity contribution in [2.24, 2.45) is 0 Å². The van der Waals surface area contributed by atoms with Crippen molar-refractivity contribution in [3.05, 3.63) is 97.3 Å². The van der Waals surface area contributed by atoms with Gasteiger partial charge >= 0.3 is 0 Å². The van der Waals surface area contributed by atoms with Gasteiger partial charge in [0.05, 0.1) is 5.52 Å². The summed E-state index contributed by atoms with van der Waals surface area (Å²) in [5, 5.41) is 11.5. The largest absolute Gasteiger partial charge is 0.299 e. The number of hydrogen-bond donors (Lipinski definition) is 0. The summed E-state index contributed by atoms with van der Waals surface area (Å²) < 4.78 is 2.28. The van der Waals surface area contributed by atoms with Crippen LogP contribution >= 0.6 is 0 Å². The Kier molecular flexibility index (Phi) is 2.77. The van der Waals surface area contributed by atoms with E-state index in [1.54, 1.807) is 0 Å². The van der Waals surface area contributed by atoms with Gasteiger partial charge in [-0.1, -0.05) is 72.8 Å². The summed E-state index contributed by atoms with van der Waals surface area (Å²) >= 11 is 0. The lowest BCUT2D eigenvalue weighted by atomic mass is 9.92. The molecule has 3 aromatic heterocycles. The Bertz CT molecular complexity index is 1760. The highest BCUT2D eigenvalue weighted by atomic mass is 15.0. The van der Waals surface area contributed by atoms with Gasteiger partial charge in [-0.05, 0) is 33.7 Å². The van der Waals surface area contributed by atoms with Crippen LogP contribution < -0.4 is 0 Å². The quantitative estimate of drug-likeness (QED) is 0.261. The van der Waals surface area contributed by atoms with Gasteiger partial charge in [0, 0.05) is 39.3 Å². The van der Waals surface area contributed by atoms with Crippen molar-refractivity contribution < 1.29 is 0 Å². The molecule has 0 saturated heterocycles. The van der Waals surface area contributed by atoms with Crippen LogP contribution in [0.15, 0.2) is 97.3 Å². The molecule has 4 aromatic carbocycles. The molecule has 7 aromatic rings. The summed E-state index contributed by atoms with van der Waals surface area (Å²) in [7, 11) is 0. The van der Waals surface area contributed by atoms with E-state index in [1.165, 1.54) is 54.0 Å². The van der Waals surface area contributed by atoms with E-state index in [-0.39, 0.29) is 0 Å². The first kappa shape index (κ1) is 15.1. The minimum Gasteiger partial charge on any atom is -0.299 e. The Hall–Kier alpha value is -3.91. The molecular weight excluding hydrogens is 352 g/mol. The van der Waals surface area contributed by atoms with Crippen LogP contribution in [0.5, 0.6) is 0 Å². The van der Waals surface area contributed by atoms with Crippen LogP contribution in [0.2, 0.25) is 0 Å². The molecule has 0 atom stereocenters. The van der Waals surface area contributed by atoms with Gasteiger partial charge in [-0.3, -0.25) is 4.40 Å². The van der Waals surface area contributed by atoms with E-state index in [0.29, 0.717) is 0 Å². The maximum absolute atomic E-state index is 4.80. The van der Waals surface area contributed by atoms with Gasteiger partial charge in [0.15, 0.2) is 0 Å². The standard InChI is InChI=1S/C27H16N2/c1-2-9-18-17(8-1)16-29-26(18)25-22-13-6-4-11-20(22)19-10-3-5-12-21(19)24(25)23-14-7-15-28-27(23)29/h1-16H. The molecule has 0 amide bonds. The number of fused-ring (bicyclic) bond motifs is 13. The van der Waals surface area contributed by atoms with Gasteiger partial charge in [0.2, 0.25) is 0 Å². The predicted molar refractivity (Wildman–Crippen MR) is 123 cm³/mol. The summed E-state index contributed by atoms with van der Waals surface area (Å²) in [6, 6.07) is 30.4. The molecule has 0 spiro atoms. The lowest BCUT2D eigenvalue weighted by molar-refractivity contribution is 1.22. The first-order valence-corrected chi connectivity index (χ1v) is 9.91. The average Bonchev–Trinajstić information content (AvgIpc) is 3.19. The Labute approximate surface area is 166 Å². The van der Waals surface area contributed by atoms with Crippen LogP contribution in [0.3, 0.4) is 0 Å². The van der Waals surface area contributed by atoms with Gasteiger partial charge in [-0.25, -0.2) is 4.98 Å². The molecule has 0 aliphatic heterocycles. The molecule has 0 aliphatic carbocycles. The second kappa shape index (κ2) is 5.33. The van der Waals surface area contributed by atoms with Crippen LogP contribution in [-0.4, -0.2) is 9.38 Å². The highest BCUT2D eigenvalue weighted by Crippen LogP contribution is 2.42. The number of pyridine rings is 2. The number of nitrogens with zero attached hydrogens (tertiary/aromatic N) is 2. The van der Waals surface area contributed by atoms with Crippen molar-refractivity contribution in [2.45, 2.75) is 0 Å². The topological polar surface area (TPSA) is 17.3 Å². The average molecular weight is 368 g/mol. The minimum absolute atomic E-state index is 1.01. The second-order valence-electron chi connectivity index (χ2n) is 7.65. The fourth-order valence-corrected chi connectivity index (χ4v) is 5.03. The molecule has 0 N–H and O–H groups in total. The summed E-state index contributed by atoms with van der Waals surface area (Å²) in [5.41, 5.74) is 2.25. The molecule has 0 bridgehead atoms. The number of benzene rings is 4. The molecule has 2 nitrogen and oxygen atoms in total. The van der Waals surface area contributed by atoms with Crippen LogP contribution in [0, 0.1) is 0 Å². The van der Waals surface area contributed by atoms with E-state index in [2.05, 4.69) is 89.5 Å². The maximum Gasteiger partial charge on any atom is 0.145 e. The van der Waals surface area contributed by atoms with Crippen molar-refractivity contribution >= 4 is 59.6 Å². The van der Waals surface area contributed by atoms with Gasteiger partial charge in [-0.2, -0.15) is 0 Å². The molecule has 29 heavy (non-hydrogen) atoms. The van der Waals surface area contributed by atoms with E-state index in [0.717, 1.165) is 5.65 Å². The van der Waals surface area contributed by atoms with Gasteiger partial charge in [0.25, 0.3) is 0 Å². The first-order valence-electron chi connectivity index (χ1n) is 9.91. The van der Waals surface area contributed by atoms with E-state index in [1.807, 2.05) is 12.3 Å². The second-order valence-corrected chi connectivity index (χ2v) is 7.65. The van der Waals surface area contributed by atoms with Gasteiger partial charge in [-0.15, -0.1) is 0 Å². The molecule has 0 saturated carbocycles. The summed E-state index contributed by atoms with van der Waals surface area (Å²) in [4.78, 5) is 4.80. The predicted octanol–water partition coefficient (Wildman–Crippen LogP) is 7.10. The fourth-order valence-electron chi connectivity index (χ4n) is 5.03. The van der Waals surface area contributed by atoms with Crippen LogP contribution in [0.1, 0.15) is 0 Å². The zero-order valence-electron chi connectivity index (χ0n) is 15.6. The molecule has 0 unspecified atom stereocenters. The third-order valence-electron chi connectivity index (χ3n) is 6.18. The molecule has 0 fully saturated rings. The highest BCUT2D eigenvalue weighted by Gasteiger charge is 2.18. The smallest absolute Gasteiger partial charge is 0.145 e. The van der Waals surface area contributed by atoms with E-state index < -0.39 is 0 Å². The molecular formula is C27H16N2. The summed E-state index contributed by atoms with van der Waals surface area (Å²) in [6.07, 6.45) is 4.12. The van der Waals surface area contributed by atoms with E-state index >= 15 is 0 Å². The van der Waals surface area contributed by atoms with Crippen molar-refractivity contribution in [3.63, 3.8) is 0 Å². The van der Waals surface area contributed by atoms with Crippen LogP contribution in [0.4, 0.5) is 0 Å². The van der Waals surface area contributed by atoms with Crippen molar-refractivity contribution in [3.8, 4) is 0 Å². The zero-order chi connectivity index (χ0) is 18.9. The Balaban J connectivity index is 2.00. The Morgan fingerprint density at radius 1 is 0.517 bits per heavy atom. The molecule has 134 valence electrons. The van der Waals surface area contributed by atoms with Gasteiger partial charge < -0.3 is 0 Å². The van der Waals surface area contributed by atoms with Gasteiger partial charge in [0.1, 0.15) is 5.65 Å². The van der Waals surface area contributed by atoms with Crippen LogP contribution in [0.25, 0.3) is 59.6 Å². The fraction of sp³-hybridized carbons (Fsp3) is 0. The lowest BCUT2D eigenvalue weighted by Crippen LogP contribution is -1.94. The van der Waals surface area contributed by atoms with Crippen molar-refractivity contribution in [1.29, 1.82) is 0 Å². The van der Waals surface area contributed by atoms with Crippen LogP contribution in [-0.2, 0) is 0 Å². The lowest BCUT2D eigenvalue weighted by Gasteiger charge is -2.15. The highest BCUT2D eigenvalue weighted by molar-refractivity contribution is 6.36. The molecule has 3 heterocycles. The molecule has 0 radical (unpaired) electrons. The summed E-state index contributed by atoms with van der Waals surface area (Å²) in [6.45, 7) is 0. The van der Waals surface area contributed by atoms with Crippen molar-refractivity contribution in [1.82, 2.24) is 9.38 Å². The molecule has 7 rings (SSSR count). The normalized spacial score (nSPS) is 12.1. The first-order chi connectivity index (χ1) is 14.4. The van der Waals surface area contributed by atoms with E-state index in [9.17, 15) is 0 Å². The minimum atomic E-state index is 1.01. The Morgan fingerprint density at radius 2 is 1.10 bits per heavy atom. The Morgan fingerprint density at radius 3 is 1.86 bits per heavy atom.